The number of carboxylic acid groups (broad SMARTS) is 1. The highest BCUT2D eigenvalue weighted by atomic mass is 16.4. The lowest BCUT2D eigenvalue weighted by molar-refractivity contribution is -0.138. The number of imide groups is 1. The fourth-order valence-corrected chi connectivity index (χ4v) is 0.989. The Morgan fingerprint density at radius 1 is 1.47 bits per heavy atom. The van der Waals surface area contributed by atoms with E-state index in [-0.39, 0.29) is 6.54 Å². The van der Waals surface area contributed by atoms with E-state index < -0.39 is 36.9 Å². The highest BCUT2D eigenvalue weighted by Gasteiger charge is 2.29. The van der Waals surface area contributed by atoms with Crippen LogP contribution in [0.3, 0.4) is 0 Å². The minimum Gasteiger partial charge on any atom is -0.480 e. The van der Waals surface area contributed by atoms with Crippen molar-refractivity contribution in [3.05, 3.63) is 0 Å². The van der Waals surface area contributed by atoms with Gasteiger partial charge in [0.2, 0.25) is 5.91 Å². The molecule has 8 nitrogen and oxygen atoms in total. The van der Waals surface area contributed by atoms with Crippen molar-refractivity contribution in [2.45, 2.75) is 0 Å². The van der Waals surface area contributed by atoms with Crippen LogP contribution in [0.4, 0.5) is 4.79 Å². The Bertz CT molecular complexity index is 311. The van der Waals surface area contributed by atoms with Crippen LogP contribution < -0.4 is 10.6 Å². The second-order valence-corrected chi connectivity index (χ2v) is 2.81. The van der Waals surface area contributed by atoms with E-state index in [9.17, 15) is 19.2 Å². The van der Waals surface area contributed by atoms with Crippen molar-refractivity contribution >= 4 is 23.8 Å². The third kappa shape index (κ3) is 2.93. The van der Waals surface area contributed by atoms with Crippen LogP contribution in [-0.2, 0) is 14.4 Å². The molecule has 1 aliphatic heterocycles. The molecular formula is C7H9N3O5. The molecule has 0 aromatic carbocycles. The minimum absolute atomic E-state index is 0.134. The van der Waals surface area contributed by atoms with Gasteiger partial charge in [0, 0.05) is 0 Å². The quantitative estimate of drug-likeness (QED) is 0.458. The summed E-state index contributed by atoms with van der Waals surface area (Å²) in [6.45, 7) is -1.13. The molecule has 0 unspecified atom stereocenters. The van der Waals surface area contributed by atoms with E-state index in [0.29, 0.717) is 0 Å². The van der Waals surface area contributed by atoms with E-state index in [1.54, 1.807) is 0 Å². The Hall–Kier alpha value is -2.12. The van der Waals surface area contributed by atoms with Crippen molar-refractivity contribution in [2.75, 3.05) is 19.6 Å². The van der Waals surface area contributed by atoms with Gasteiger partial charge in [-0.1, -0.05) is 0 Å². The molecule has 1 aliphatic rings. The first-order valence-corrected chi connectivity index (χ1v) is 4.07. The number of rotatable bonds is 4. The Kier molecular flexibility index (Phi) is 3.21. The van der Waals surface area contributed by atoms with Crippen LogP contribution in [0.5, 0.6) is 0 Å². The first kappa shape index (κ1) is 11.0. The SMILES string of the molecule is O=C(O)CNC(=O)CN1C(=O)CNC1=O. The summed E-state index contributed by atoms with van der Waals surface area (Å²) in [5.74, 6) is -2.39. The molecule has 1 heterocycles. The number of carbonyl (C=O) groups excluding carboxylic acids is 3. The lowest BCUT2D eigenvalue weighted by Gasteiger charge is -2.10. The predicted octanol–water partition coefficient (Wildman–Crippen LogP) is -2.26. The zero-order valence-electron chi connectivity index (χ0n) is 7.65. The summed E-state index contributed by atoms with van der Waals surface area (Å²) in [6, 6.07) is -0.648. The molecule has 15 heavy (non-hydrogen) atoms. The van der Waals surface area contributed by atoms with Gasteiger partial charge < -0.3 is 15.7 Å². The fraction of sp³-hybridized carbons (Fsp3) is 0.429. The molecule has 8 heteroatoms. The van der Waals surface area contributed by atoms with Crippen LogP contribution in [0.1, 0.15) is 0 Å². The van der Waals surface area contributed by atoms with Gasteiger partial charge in [0.1, 0.15) is 13.1 Å². The third-order valence-electron chi connectivity index (χ3n) is 1.68. The Labute approximate surface area is 84.2 Å². The Balaban J connectivity index is 2.40. The van der Waals surface area contributed by atoms with Crippen LogP contribution in [-0.4, -0.2) is 53.5 Å². The van der Waals surface area contributed by atoms with Crippen molar-refractivity contribution in [1.82, 2.24) is 15.5 Å². The number of hydrogen-bond donors (Lipinski definition) is 3. The fourth-order valence-electron chi connectivity index (χ4n) is 0.989. The van der Waals surface area contributed by atoms with Gasteiger partial charge in [0.25, 0.3) is 5.91 Å². The van der Waals surface area contributed by atoms with Gasteiger partial charge in [-0.2, -0.15) is 0 Å². The number of nitrogens with one attached hydrogen (secondary N) is 2. The first-order valence-electron chi connectivity index (χ1n) is 4.07. The lowest BCUT2D eigenvalue weighted by Crippen LogP contribution is -2.42. The summed E-state index contributed by atoms with van der Waals surface area (Å²) in [5, 5.41) is 12.5. The summed E-state index contributed by atoms with van der Waals surface area (Å²) < 4.78 is 0. The summed E-state index contributed by atoms with van der Waals surface area (Å²) in [7, 11) is 0. The molecule has 0 aromatic rings. The Morgan fingerprint density at radius 2 is 2.13 bits per heavy atom. The molecule has 0 bridgehead atoms. The van der Waals surface area contributed by atoms with E-state index in [1.165, 1.54) is 0 Å². The van der Waals surface area contributed by atoms with Gasteiger partial charge in [-0.05, 0) is 0 Å². The van der Waals surface area contributed by atoms with E-state index in [4.69, 9.17) is 5.11 Å². The van der Waals surface area contributed by atoms with Gasteiger partial charge in [0.15, 0.2) is 0 Å². The average molecular weight is 215 g/mol. The van der Waals surface area contributed by atoms with E-state index >= 15 is 0 Å². The van der Waals surface area contributed by atoms with Crippen LogP contribution in [0.15, 0.2) is 0 Å². The van der Waals surface area contributed by atoms with Crippen LogP contribution >= 0.6 is 0 Å². The maximum Gasteiger partial charge on any atom is 0.325 e. The molecule has 0 spiro atoms. The van der Waals surface area contributed by atoms with Gasteiger partial charge in [-0.15, -0.1) is 0 Å². The van der Waals surface area contributed by atoms with Gasteiger partial charge in [-0.3, -0.25) is 19.3 Å². The van der Waals surface area contributed by atoms with E-state index in [0.717, 1.165) is 4.90 Å². The van der Waals surface area contributed by atoms with Crippen molar-refractivity contribution in [3.63, 3.8) is 0 Å². The van der Waals surface area contributed by atoms with Gasteiger partial charge in [-0.25, -0.2) is 4.79 Å². The molecular weight excluding hydrogens is 206 g/mol. The lowest BCUT2D eigenvalue weighted by atomic mass is 10.4. The van der Waals surface area contributed by atoms with Crippen LogP contribution in [0.25, 0.3) is 0 Å². The predicted molar refractivity (Wildman–Crippen MR) is 45.8 cm³/mol. The van der Waals surface area contributed by atoms with Gasteiger partial charge >= 0.3 is 12.0 Å². The summed E-state index contributed by atoms with van der Waals surface area (Å²) in [5.41, 5.74) is 0. The highest BCUT2D eigenvalue weighted by molar-refractivity contribution is 6.04. The zero-order valence-corrected chi connectivity index (χ0v) is 7.65. The van der Waals surface area contributed by atoms with E-state index in [2.05, 4.69) is 5.32 Å². The number of aliphatic carboxylic acids is 1. The third-order valence-corrected chi connectivity index (χ3v) is 1.68. The Morgan fingerprint density at radius 3 is 2.60 bits per heavy atom. The largest absolute Gasteiger partial charge is 0.480 e. The standard InChI is InChI=1S/C7H9N3O5/c11-4(8-2-6(13)14)3-10-5(12)1-9-7(10)15/h1-3H2,(H,8,11)(H,9,15)(H,13,14). The second kappa shape index (κ2) is 4.40. The normalized spacial score (nSPS) is 15.1. The minimum atomic E-state index is -1.19. The molecule has 1 saturated heterocycles. The van der Waals surface area contributed by atoms with Crippen molar-refractivity contribution in [2.24, 2.45) is 0 Å². The maximum absolute atomic E-state index is 11.0. The van der Waals surface area contributed by atoms with Gasteiger partial charge in [0.05, 0.1) is 6.54 Å². The molecule has 0 aliphatic carbocycles. The number of carbonyl (C=O) groups is 4. The van der Waals surface area contributed by atoms with Crippen molar-refractivity contribution < 1.29 is 24.3 Å². The number of nitrogens with zero attached hydrogens (tertiary/aromatic N) is 1. The second-order valence-electron chi connectivity index (χ2n) is 2.81. The van der Waals surface area contributed by atoms with Crippen molar-refractivity contribution in [3.8, 4) is 0 Å². The molecule has 3 N–H and O–H groups in total. The molecule has 0 atom stereocenters. The molecule has 0 saturated carbocycles. The van der Waals surface area contributed by atoms with Crippen molar-refractivity contribution in [1.29, 1.82) is 0 Å². The molecule has 1 rings (SSSR count). The molecule has 0 aromatic heterocycles. The molecule has 82 valence electrons. The first-order chi connectivity index (χ1) is 7.00. The molecule has 0 radical (unpaired) electrons. The molecule has 4 amide bonds. The van der Waals surface area contributed by atoms with Crippen LogP contribution in [0, 0.1) is 0 Å². The number of carboxylic acids is 1. The average Bonchev–Trinajstić information content (AvgIpc) is 2.46. The summed E-state index contributed by atoms with van der Waals surface area (Å²) >= 11 is 0. The zero-order chi connectivity index (χ0) is 11.4. The topological polar surface area (TPSA) is 116 Å². The number of urea groups is 1. The monoisotopic (exact) mass is 215 g/mol. The summed E-state index contributed by atoms with van der Waals surface area (Å²) in [4.78, 5) is 43.8. The van der Waals surface area contributed by atoms with E-state index in [1.807, 2.05) is 5.32 Å². The smallest absolute Gasteiger partial charge is 0.325 e. The number of hydrogen-bond acceptors (Lipinski definition) is 4. The number of amides is 4. The van der Waals surface area contributed by atoms with Crippen LogP contribution in [0.2, 0.25) is 0 Å². The highest BCUT2D eigenvalue weighted by Crippen LogP contribution is 1.97. The maximum atomic E-state index is 11.0. The molecule has 1 fully saturated rings. The summed E-state index contributed by atoms with van der Waals surface area (Å²) in [6.07, 6.45) is 0.